The smallest absolute Gasteiger partial charge is 0.419 e. The van der Waals surface area contributed by atoms with Gasteiger partial charge in [0.1, 0.15) is 17.4 Å². The molecule has 1 N–H and O–H groups in total. The van der Waals surface area contributed by atoms with Crippen LogP contribution in [0.2, 0.25) is 0 Å². The minimum Gasteiger partial charge on any atom is -0.493 e. The number of rotatable bonds is 12. The number of nitrogens with zero attached hydrogens (tertiary/aromatic N) is 1. The topological polar surface area (TPSA) is 66.8 Å². The fraction of sp³-hybridized carbons (Fsp3) is 0.379. The van der Waals surface area contributed by atoms with E-state index in [9.17, 15) is 35.5 Å². The van der Waals surface area contributed by atoms with E-state index in [-0.39, 0.29) is 40.8 Å². The van der Waals surface area contributed by atoms with E-state index in [2.05, 4.69) is 0 Å². The highest BCUT2D eigenvalue weighted by Crippen LogP contribution is 2.33. The Morgan fingerprint density at radius 3 is 2.27 bits per heavy atom. The monoisotopic (exact) mass is 585 g/mol. The van der Waals surface area contributed by atoms with Crippen LogP contribution in [0.1, 0.15) is 54.5 Å². The minimum absolute atomic E-state index is 0.0181. The zero-order valence-corrected chi connectivity index (χ0v) is 23.2. The average molecular weight is 586 g/mol. The zero-order valence-electron chi connectivity index (χ0n) is 22.4. The number of ether oxygens (including phenoxy) is 1. The van der Waals surface area contributed by atoms with Crippen LogP contribution in [0.25, 0.3) is 0 Å². The van der Waals surface area contributed by atoms with E-state index in [0.29, 0.717) is 25.6 Å². The third-order valence-corrected chi connectivity index (χ3v) is 7.59. The lowest BCUT2D eigenvalue weighted by atomic mass is 10.00. The van der Waals surface area contributed by atoms with Crippen LogP contribution >= 0.6 is 0 Å². The SMILES string of the molecule is CC(O)c1c(F)cc(OCCCN(Cc2cccc(C(F)(F)F)c2F)CC(C)c2ccccc2)cc1S(C)(=O)=O. The van der Waals surface area contributed by atoms with Crippen molar-refractivity contribution in [2.45, 2.75) is 49.9 Å². The molecule has 0 spiro atoms. The van der Waals surface area contributed by atoms with Gasteiger partial charge >= 0.3 is 6.18 Å². The molecule has 2 atom stereocenters. The molecule has 5 nitrogen and oxygen atoms in total. The van der Waals surface area contributed by atoms with E-state index in [1.807, 2.05) is 42.2 Å². The number of hydrogen-bond acceptors (Lipinski definition) is 5. The summed E-state index contributed by atoms with van der Waals surface area (Å²) in [5.41, 5.74) is -0.757. The first-order valence-corrected chi connectivity index (χ1v) is 14.5. The lowest BCUT2D eigenvalue weighted by molar-refractivity contribution is -0.140. The lowest BCUT2D eigenvalue weighted by Gasteiger charge is -2.27. The molecule has 218 valence electrons. The number of benzene rings is 3. The van der Waals surface area contributed by atoms with Crippen molar-refractivity contribution in [1.29, 1.82) is 0 Å². The zero-order chi connectivity index (χ0) is 29.7. The molecular weight excluding hydrogens is 553 g/mol. The molecule has 0 saturated carbocycles. The first-order valence-electron chi connectivity index (χ1n) is 12.6. The second-order valence-corrected chi connectivity index (χ2v) is 11.8. The fourth-order valence-corrected chi connectivity index (χ4v) is 5.51. The van der Waals surface area contributed by atoms with Crippen LogP contribution in [0.4, 0.5) is 22.0 Å². The highest BCUT2D eigenvalue weighted by Gasteiger charge is 2.35. The molecular formula is C29H32F5NO4S. The Morgan fingerprint density at radius 2 is 1.68 bits per heavy atom. The molecule has 0 heterocycles. The molecule has 3 aromatic carbocycles. The van der Waals surface area contributed by atoms with Gasteiger partial charge < -0.3 is 9.84 Å². The van der Waals surface area contributed by atoms with Crippen LogP contribution in [-0.4, -0.2) is 44.4 Å². The maximum atomic E-state index is 14.8. The number of aliphatic hydroxyl groups excluding tert-OH is 1. The number of halogens is 5. The van der Waals surface area contributed by atoms with Gasteiger partial charge in [0, 0.05) is 43.1 Å². The quantitative estimate of drug-likeness (QED) is 0.194. The van der Waals surface area contributed by atoms with Crippen LogP contribution in [0, 0.1) is 11.6 Å². The average Bonchev–Trinajstić information content (AvgIpc) is 2.86. The normalized spacial score (nSPS) is 13.8. The molecule has 0 radical (unpaired) electrons. The summed E-state index contributed by atoms with van der Waals surface area (Å²) in [5, 5.41) is 9.83. The third-order valence-electron chi connectivity index (χ3n) is 6.45. The van der Waals surface area contributed by atoms with Gasteiger partial charge in [-0.3, -0.25) is 4.90 Å². The maximum absolute atomic E-state index is 14.8. The van der Waals surface area contributed by atoms with E-state index < -0.39 is 39.3 Å². The largest absolute Gasteiger partial charge is 0.493 e. The molecule has 0 aliphatic heterocycles. The fourth-order valence-electron chi connectivity index (χ4n) is 4.51. The van der Waals surface area contributed by atoms with E-state index in [0.717, 1.165) is 24.0 Å². The Balaban J connectivity index is 1.76. The van der Waals surface area contributed by atoms with Crippen LogP contribution in [0.5, 0.6) is 5.75 Å². The summed E-state index contributed by atoms with van der Waals surface area (Å²) in [6.07, 6.45) is -4.94. The first-order chi connectivity index (χ1) is 18.7. The number of hydrogen-bond donors (Lipinski definition) is 1. The maximum Gasteiger partial charge on any atom is 0.419 e. The molecule has 0 aliphatic rings. The van der Waals surface area contributed by atoms with E-state index in [1.165, 1.54) is 19.1 Å². The van der Waals surface area contributed by atoms with Gasteiger partial charge in [0.05, 0.1) is 23.2 Å². The van der Waals surface area contributed by atoms with Crippen LogP contribution in [0.15, 0.2) is 65.6 Å². The van der Waals surface area contributed by atoms with Crippen molar-refractivity contribution in [2.75, 3.05) is 26.0 Å². The summed E-state index contributed by atoms with van der Waals surface area (Å²) in [7, 11) is -3.86. The van der Waals surface area contributed by atoms with Gasteiger partial charge in [-0.05, 0) is 37.0 Å². The second kappa shape index (κ2) is 13.1. The van der Waals surface area contributed by atoms with Gasteiger partial charge in [-0.15, -0.1) is 0 Å². The van der Waals surface area contributed by atoms with Crippen molar-refractivity contribution in [3.05, 3.63) is 94.6 Å². The van der Waals surface area contributed by atoms with Crippen LogP contribution < -0.4 is 4.74 Å². The Kier molecular flexibility index (Phi) is 10.3. The van der Waals surface area contributed by atoms with Crippen molar-refractivity contribution >= 4 is 9.84 Å². The summed E-state index contributed by atoms with van der Waals surface area (Å²) < 4.78 is 99.1. The van der Waals surface area contributed by atoms with Gasteiger partial charge in [-0.25, -0.2) is 17.2 Å². The summed E-state index contributed by atoms with van der Waals surface area (Å²) in [6, 6.07) is 14.8. The van der Waals surface area contributed by atoms with Gasteiger partial charge in [0.2, 0.25) is 0 Å². The third kappa shape index (κ3) is 8.25. The standard InChI is InChI=1S/C29H32F5NO4S/c1-19(21-9-5-4-6-10-21)17-35(18-22-11-7-12-24(28(22)31)29(32,33)34)13-8-14-39-23-15-25(30)27(20(2)36)26(16-23)40(3,37)38/h4-7,9-12,15-16,19-20,36H,8,13-14,17-18H2,1-3H3. The van der Waals surface area contributed by atoms with E-state index >= 15 is 0 Å². The number of sulfone groups is 1. The Morgan fingerprint density at radius 1 is 1.00 bits per heavy atom. The molecule has 11 heteroatoms. The Hall–Kier alpha value is -3.02. The van der Waals surface area contributed by atoms with Crippen LogP contribution in [0.3, 0.4) is 0 Å². The summed E-state index contributed by atoms with van der Waals surface area (Å²) >= 11 is 0. The van der Waals surface area contributed by atoms with Crippen LogP contribution in [-0.2, 0) is 22.6 Å². The highest BCUT2D eigenvalue weighted by atomic mass is 32.2. The molecule has 40 heavy (non-hydrogen) atoms. The number of alkyl halides is 3. The van der Waals surface area contributed by atoms with E-state index in [4.69, 9.17) is 4.74 Å². The minimum atomic E-state index is -4.82. The Labute approximate surface area is 231 Å². The predicted octanol–water partition coefficient (Wildman–Crippen LogP) is 6.52. The van der Waals surface area contributed by atoms with Gasteiger partial charge in [-0.1, -0.05) is 49.4 Å². The molecule has 2 unspecified atom stereocenters. The Bertz CT molecular complexity index is 1400. The molecule has 0 aromatic heterocycles. The molecule has 0 fully saturated rings. The van der Waals surface area contributed by atoms with Crippen molar-refractivity contribution in [3.8, 4) is 5.75 Å². The molecule has 3 aromatic rings. The predicted molar refractivity (Wildman–Crippen MR) is 142 cm³/mol. The van der Waals surface area contributed by atoms with Crippen molar-refractivity contribution in [3.63, 3.8) is 0 Å². The van der Waals surface area contributed by atoms with Gasteiger partial charge in [-0.2, -0.15) is 13.2 Å². The summed E-state index contributed by atoms with van der Waals surface area (Å²) in [5.74, 6) is -2.30. The molecule has 0 aliphatic carbocycles. The second-order valence-electron chi connectivity index (χ2n) is 9.79. The first kappa shape index (κ1) is 31.5. The molecule has 0 amide bonds. The summed E-state index contributed by atoms with van der Waals surface area (Å²) in [4.78, 5) is 1.44. The summed E-state index contributed by atoms with van der Waals surface area (Å²) in [6.45, 7) is 3.88. The van der Waals surface area contributed by atoms with Crippen molar-refractivity contribution in [1.82, 2.24) is 4.90 Å². The highest BCUT2D eigenvalue weighted by molar-refractivity contribution is 7.90. The lowest BCUT2D eigenvalue weighted by Crippen LogP contribution is -2.30. The van der Waals surface area contributed by atoms with Gasteiger partial charge in [0.15, 0.2) is 9.84 Å². The van der Waals surface area contributed by atoms with E-state index in [1.54, 1.807) is 0 Å². The van der Waals surface area contributed by atoms with Crippen molar-refractivity contribution < 1.29 is 40.2 Å². The van der Waals surface area contributed by atoms with Crippen molar-refractivity contribution in [2.24, 2.45) is 0 Å². The van der Waals surface area contributed by atoms with Gasteiger partial charge in [0.25, 0.3) is 0 Å². The molecule has 0 bridgehead atoms. The molecule has 3 rings (SSSR count). The molecule has 0 saturated heterocycles. The number of aliphatic hydroxyl groups is 1.